The molecule has 7 heteroatoms. The summed E-state index contributed by atoms with van der Waals surface area (Å²) in [4.78, 5) is 16.7. The second-order valence-electron chi connectivity index (χ2n) is 7.99. The number of aryl methyl sites for hydroxylation is 3. The molecule has 1 amide bonds. The van der Waals surface area contributed by atoms with Gasteiger partial charge in [0.25, 0.3) is 5.91 Å². The number of carbonyl (C=O) groups excluding carboxylic acids is 1. The standard InChI is InChI=1S/C26H25N3O3S/c1-16-5-4-6-21(11-16)31-15-24(30)29-26(33)27-20-9-7-19(8-10-20)14-25-28-22-12-17(2)18(3)13-23(22)32-25/h4-13H,14-15H2,1-3H3,(H2,27,29,30,33). The van der Waals surface area contributed by atoms with Gasteiger partial charge < -0.3 is 14.5 Å². The number of nitrogens with one attached hydrogen (secondary N) is 2. The fourth-order valence-corrected chi connectivity index (χ4v) is 3.59. The van der Waals surface area contributed by atoms with Crippen LogP contribution in [0.1, 0.15) is 28.1 Å². The van der Waals surface area contributed by atoms with Gasteiger partial charge in [0.05, 0.1) is 0 Å². The van der Waals surface area contributed by atoms with Crippen molar-refractivity contribution >= 4 is 40.0 Å². The van der Waals surface area contributed by atoms with Crippen molar-refractivity contribution in [2.24, 2.45) is 0 Å². The summed E-state index contributed by atoms with van der Waals surface area (Å²) in [7, 11) is 0. The maximum absolute atomic E-state index is 12.1. The number of amides is 1. The first-order valence-corrected chi connectivity index (χ1v) is 11.0. The molecular formula is C26H25N3O3S. The van der Waals surface area contributed by atoms with Gasteiger partial charge in [0.1, 0.15) is 11.3 Å². The zero-order chi connectivity index (χ0) is 23.4. The van der Waals surface area contributed by atoms with Crippen molar-refractivity contribution < 1.29 is 13.9 Å². The van der Waals surface area contributed by atoms with Crippen LogP contribution in [0.2, 0.25) is 0 Å². The van der Waals surface area contributed by atoms with Gasteiger partial charge in [-0.2, -0.15) is 0 Å². The summed E-state index contributed by atoms with van der Waals surface area (Å²) < 4.78 is 11.4. The number of fused-ring (bicyclic) bond motifs is 1. The minimum absolute atomic E-state index is 0.117. The second-order valence-corrected chi connectivity index (χ2v) is 8.40. The number of benzene rings is 3. The zero-order valence-corrected chi connectivity index (χ0v) is 19.6. The van der Waals surface area contributed by atoms with E-state index in [4.69, 9.17) is 21.4 Å². The van der Waals surface area contributed by atoms with Crippen molar-refractivity contribution in [2.75, 3.05) is 11.9 Å². The number of carbonyl (C=O) groups is 1. The van der Waals surface area contributed by atoms with Crippen LogP contribution in [-0.4, -0.2) is 22.6 Å². The average molecular weight is 460 g/mol. The number of hydrogen-bond acceptors (Lipinski definition) is 5. The molecule has 0 atom stereocenters. The minimum atomic E-state index is -0.327. The Kier molecular flexibility index (Phi) is 6.70. The van der Waals surface area contributed by atoms with Gasteiger partial charge in [0.15, 0.2) is 23.2 Å². The number of thiocarbonyl (C=S) groups is 1. The molecule has 3 aromatic carbocycles. The molecule has 6 nitrogen and oxygen atoms in total. The summed E-state index contributed by atoms with van der Waals surface area (Å²) in [6.45, 7) is 5.98. The van der Waals surface area contributed by atoms with Crippen LogP contribution >= 0.6 is 12.2 Å². The highest BCUT2D eigenvalue weighted by Crippen LogP contribution is 2.22. The summed E-state index contributed by atoms with van der Waals surface area (Å²) >= 11 is 5.24. The van der Waals surface area contributed by atoms with Gasteiger partial charge in [-0.15, -0.1) is 0 Å². The van der Waals surface area contributed by atoms with Crippen molar-refractivity contribution in [3.63, 3.8) is 0 Å². The van der Waals surface area contributed by atoms with Gasteiger partial charge in [0, 0.05) is 12.1 Å². The van der Waals surface area contributed by atoms with Gasteiger partial charge in [-0.05, 0) is 91.6 Å². The molecule has 2 N–H and O–H groups in total. The smallest absolute Gasteiger partial charge is 0.264 e. The molecule has 0 radical (unpaired) electrons. The molecule has 1 aromatic heterocycles. The van der Waals surface area contributed by atoms with Crippen molar-refractivity contribution in [3.8, 4) is 5.75 Å². The molecule has 168 valence electrons. The fourth-order valence-electron chi connectivity index (χ4n) is 3.36. The lowest BCUT2D eigenvalue weighted by molar-refractivity contribution is -0.121. The third-order valence-corrected chi connectivity index (χ3v) is 5.43. The average Bonchev–Trinajstić information content (AvgIpc) is 3.15. The molecule has 0 unspecified atom stereocenters. The van der Waals surface area contributed by atoms with Gasteiger partial charge in [-0.25, -0.2) is 4.98 Å². The van der Waals surface area contributed by atoms with E-state index in [9.17, 15) is 4.79 Å². The Morgan fingerprint density at radius 1 is 1.03 bits per heavy atom. The van der Waals surface area contributed by atoms with E-state index < -0.39 is 0 Å². The minimum Gasteiger partial charge on any atom is -0.484 e. The predicted molar refractivity (Wildman–Crippen MR) is 134 cm³/mol. The number of hydrogen-bond donors (Lipinski definition) is 2. The summed E-state index contributed by atoms with van der Waals surface area (Å²) in [5.41, 5.74) is 6.95. The normalized spacial score (nSPS) is 10.8. The molecule has 0 bridgehead atoms. The van der Waals surface area contributed by atoms with Gasteiger partial charge in [-0.3, -0.25) is 10.1 Å². The quantitative estimate of drug-likeness (QED) is 0.384. The summed E-state index contributed by atoms with van der Waals surface area (Å²) in [6, 6.07) is 19.3. The Labute approximate surface area is 198 Å². The second kappa shape index (κ2) is 9.83. The SMILES string of the molecule is Cc1cccc(OCC(=O)NC(=S)Nc2ccc(Cc3nc4cc(C)c(C)cc4o3)cc2)c1. The van der Waals surface area contributed by atoms with Crippen molar-refractivity contribution in [1.82, 2.24) is 10.3 Å². The van der Waals surface area contributed by atoms with Crippen LogP contribution in [0, 0.1) is 20.8 Å². The highest BCUT2D eigenvalue weighted by atomic mass is 32.1. The molecule has 1 heterocycles. The summed E-state index contributed by atoms with van der Waals surface area (Å²) in [5, 5.41) is 5.85. The van der Waals surface area contributed by atoms with E-state index in [1.165, 1.54) is 11.1 Å². The van der Waals surface area contributed by atoms with Crippen LogP contribution in [-0.2, 0) is 11.2 Å². The van der Waals surface area contributed by atoms with Gasteiger partial charge in [0.2, 0.25) is 0 Å². The Bertz CT molecular complexity index is 1270. The van der Waals surface area contributed by atoms with Crippen LogP contribution in [0.4, 0.5) is 5.69 Å². The molecule has 33 heavy (non-hydrogen) atoms. The fraction of sp³-hybridized carbons (Fsp3) is 0.192. The lowest BCUT2D eigenvalue weighted by Crippen LogP contribution is -2.37. The first-order valence-electron chi connectivity index (χ1n) is 10.6. The Balaban J connectivity index is 1.29. The number of rotatable bonds is 6. The van der Waals surface area contributed by atoms with Gasteiger partial charge >= 0.3 is 0 Å². The molecule has 0 saturated heterocycles. The number of aromatic nitrogens is 1. The van der Waals surface area contributed by atoms with E-state index in [1.54, 1.807) is 6.07 Å². The predicted octanol–water partition coefficient (Wildman–Crippen LogP) is 5.24. The summed E-state index contributed by atoms with van der Waals surface area (Å²) in [5.74, 6) is 0.989. The van der Waals surface area contributed by atoms with E-state index in [2.05, 4.69) is 29.5 Å². The lowest BCUT2D eigenvalue weighted by Gasteiger charge is -2.11. The number of ether oxygens (including phenoxy) is 1. The molecule has 0 saturated carbocycles. The molecular weight excluding hydrogens is 434 g/mol. The molecule has 0 fully saturated rings. The highest BCUT2D eigenvalue weighted by molar-refractivity contribution is 7.80. The monoisotopic (exact) mass is 459 g/mol. The van der Waals surface area contributed by atoms with Crippen LogP contribution in [0.15, 0.2) is 65.1 Å². The Morgan fingerprint density at radius 2 is 1.79 bits per heavy atom. The number of nitrogens with zero attached hydrogens (tertiary/aromatic N) is 1. The van der Waals surface area contributed by atoms with Crippen LogP contribution in [0.3, 0.4) is 0 Å². The Morgan fingerprint density at radius 3 is 2.55 bits per heavy atom. The lowest BCUT2D eigenvalue weighted by atomic mass is 10.1. The van der Waals surface area contributed by atoms with E-state index >= 15 is 0 Å². The molecule has 0 spiro atoms. The maximum atomic E-state index is 12.1. The van der Waals surface area contributed by atoms with E-state index in [0.29, 0.717) is 18.1 Å². The number of oxazole rings is 1. The summed E-state index contributed by atoms with van der Waals surface area (Å²) in [6.07, 6.45) is 0.588. The van der Waals surface area contributed by atoms with Crippen molar-refractivity contribution in [3.05, 3.63) is 88.8 Å². The largest absolute Gasteiger partial charge is 0.484 e. The van der Waals surface area contributed by atoms with E-state index in [-0.39, 0.29) is 17.6 Å². The third kappa shape index (κ3) is 5.96. The molecule has 0 aliphatic rings. The van der Waals surface area contributed by atoms with E-state index in [0.717, 1.165) is 27.9 Å². The van der Waals surface area contributed by atoms with Crippen LogP contribution < -0.4 is 15.4 Å². The molecule has 0 aliphatic carbocycles. The van der Waals surface area contributed by atoms with Gasteiger partial charge in [-0.1, -0.05) is 24.3 Å². The molecule has 4 rings (SSSR count). The zero-order valence-electron chi connectivity index (χ0n) is 18.8. The maximum Gasteiger partial charge on any atom is 0.264 e. The molecule has 0 aliphatic heterocycles. The van der Waals surface area contributed by atoms with E-state index in [1.807, 2.05) is 61.5 Å². The Hall–Kier alpha value is -3.71. The van der Waals surface area contributed by atoms with Crippen LogP contribution in [0.25, 0.3) is 11.1 Å². The topological polar surface area (TPSA) is 76.4 Å². The first kappa shape index (κ1) is 22.5. The molecule has 4 aromatic rings. The first-order chi connectivity index (χ1) is 15.9. The highest BCUT2D eigenvalue weighted by Gasteiger charge is 2.10. The third-order valence-electron chi connectivity index (χ3n) is 5.23. The number of anilines is 1. The van der Waals surface area contributed by atoms with Crippen molar-refractivity contribution in [1.29, 1.82) is 0 Å². The van der Waals surface area contributed by atoms with Crippen LogP contribution in [0.5, 0.6) is 5.75 Å². The van der Waals surface area contributed by atoms with Crippen molar-refractivity contribution in [2.45, 2.75) is 27.2 Å².